The molecule has 0 radical (unpaired) electrons. The van der Waals surface area contributed by atoms with Crippen molar-refractivity contribution in [1.82, 2.24) is 15.1 Å². The number of aromatic carboxylic acids is 1. The predicted octanol–water partition coefficient (Wildman–Crippen LogP) is 1.85. The molecular formula is C14H17N3O3. The topological polar surface area (TPSA) is 89.4 Å². The highest BCUT2D eigenvalue weighted by Gasteiger charge is 2.15. The van der Waals surface area contributed by atoms with E-state index in [2.05, 4.69) is 10.2 Å². The van der Waals surface area contributed by atoms with Gasteiger partial charge in [-0.15, -0.1) is 0 Å². The number of aromatic amines is 1. The highest BCUT2D eigenvalue weighted by Crippen LogP contribution is 2.31. The van der Waals surface area contributed by atoms with Crippen molar-refractivity contribution in [3.05, 3.63) is 35.0 Å². The van der Waals surface area contributed by atoms with Gasteiger partial charge in [-0.3, -0.25) is 5.10 Å². The first-order chi connectivity index (χ1) is 9.40. The lowest BCUT2D eigenvalue weighted by molar-refractivity contribution is 0.0690. The molecule has 0 atom stereocenters. The lowest BCUT2D eigenvalue weighted by Gasteiger charge is -2.16. The minimum absolute atomic E-state index is 0.0432. The minimum Gasteiger partial charge on any atom is -0.508 e. The van der Waals surface area contributed by atoms with Crippen molar-refractivity contribution >= 4 is 5.97 Å². The second kappa shape index (κ2) is 5.34. The number of carboxylic acids is 1. The Kier molecular flexibility index (Phi) is 3.76. The van der Waals surface area contributed by atoms with Crippen molar-refractivity contribution in [2.75, 3.05) is 14.1 Å². The van der Waals surface area contributed by atoms with Gasteiger partial charge in [-0.05, 0) is 44.8 Å². The van der Waals surface area contributed by atoms with Gasteiger partial charge >= 0.3 is 5.97 Å². The van der Waals surface area contributed by atoms with Crippen molar-refractivity contribution in [3.63, 3.8) is 0 Å². The molecule has 20 heavy (non-hydrogen) atoms. The molecule has 1 aromatic heterocycles. The number of hydrogen-bond acceptors (Lipinski definition) is 4. The normalized spacial score (nSPS) is 11.0. The molecule has 3 N–H and O–H groups in total. The van der Waals surface area contributed by atoms with Gasteiger partial charge in [0.25, 0.3) is 0 Å². The van der Waals surface area contributed by atoms with Crippen molar-refractivity contribution in [2.45, 2.75) is 13.5 Å². The molecule has 2 aromatic rings. The zero-order valence-corrected chi connectivity index (χ0v) is 11.6. The zero-order chi connectivity index (χ0) is 14.9. The number of H-pyrrole nitrogens is 1. The van der Waals surface area contributed by atoms with Crippen LogP contribution in [0.25, 0.3) is 11.3 Å². The van der Waals surface area contributed by atoms with Crippen LogP contribution in [0, 0.1) is 6.92 Å². The summed E-state index contributed by atoms with van der Waals surface area (Å²) in [7, 11) is 3.84. The van der Waals surface area contributed by atoms with Gasteiger partial charge < -0.3 is 15.1 Å². The van der Waals surface area contributed by atoms with Gasteiger partial charge in [-0.1, -0.05) is 0 Å². The van der Waals surface area contributed by atoms with Crippen molar-refractivity contribution in [2.24, 2.45) is 0 Å². The summed E-state index contributed by atoms with van der Waals surface area (Å²) in [6, 6.07) is 4.84. The van der Waals surface area contributed by atoms with E-state index in [0.29, 0.717) is 12.2 Å². The molecule has 0 spiro atoms. The molecule has 0 saturated carbocycles. The number of benzene rings is 1. The summed E-state index contributed by atoms with van der Waals surface area (Å²) in [5.41, 5.74) is 3.11. The monoisotopic (exact) mass is 275 g/mol. The fourth-order valence-corrected chi connectivity index (χ4v) is 2.11. The van der Waals surface area contributed by atoms with E-state index in [1.807, 2.05) is 25.9 Å². The van der Waals surface area contributed by atoms with E-state index in [1.54, 1.807) is 12.1 Å². The van der Waals surface area contributed by atoms with Gasteiger partial charge in [0.15, 0.2) is 0 Å². The first-order valence-corrected chi connectivity index (χ1v) is 6.15. The number of carbonyl (C=O) groups is 1. The molecule has 1 heterocycles. The van der Waals surface area contributed by atoms with Crippen molar-refractivity contribution < 1.29 is 15.0 Å². The second-order valence-corrected chi connectivity index (χ2v) is 4.95. The molecule has 106 valence electrons. The SMILES string of the molecule is Cc1c(-c2cc(C(=O)O)[nH]n2)ccc(O)c1CN(C)C. The van der Waals surface area contributed by atoms with Crippen LogP contribution in [0.3, 0.4) is 0 Å². The average Bonchev–Trinajstić information content (AvgIpc) is 2.83. The number of aromatic nitrogens is 2. The van der Waals surface area contributed by atoms with Crippen LogP contribution in [0.4, 0.5) is 0 Å². The largest absolute Gasteiger partial charge is 0.508 e. The Bertz CT molecular complexity index is 647. The van der Waals surface area contributed by atoms with E-state index >= 15 is 0 Å². The fraction of sp³-hybridized carbons (Fsp3) is 0.286. The minimum atomic E-state index is -1.05. The van der Waals surface area contributed by atoms with Crippen LogP contribution in [-0.2, 0) is 6.54 Å². The molecule has 2 rings (SSSR count). The van der Waals surface area contributed by atoms with Gasteiger partial charge in [0, 0.05) is 17.7 Å². The molecule has 0 aliphatic carbocycles. The molecule has 0 aliphatic heterocycles. The summed E-state index contributed by atoms with van der Waals surface area (Å²) in [6.07, 6.45) is 0. The summed E-state index contributed by atoms with van der Waals surface area (Å²) in [5.74, 6) is -0.817. The van der Waals surface area contributed by atoms with Crippen LogP contribution >= 0.6 is 0 Å². The lowest BCUT2D eigenvalue weighted by Crippen LogP contribution is -2.12. The maximum Gasteiger partial charge on any atom is 0.353 e. The van der Waals surface area contributed by atoms with E-state index in [-0.39, 0.29) is 11.4 Å². The number of hydrogen-bond donors (Lipinski definition) is 3. The summed E-state index contributed by atoms with van der Waals surface area (Å²) >= 11 is 0. The van der Waals surface area contributed by atoms with Crippen molar-refractivity contribution in [3.8, 4) is 17.0 Å². The van der Waals surface area contributed by atoms with Gasteiger partial charge in [0.2, 0.25) is 0 Å². The van der Waals surface area contributed by atoms with Crippen LogP contribution < -0.4 is 0 Å². The van der Waals surface area contributed by atoms with Gasteiger partial charge in [0.05, 0.1) is 5.69 Å². The first kappa shape index (κ1) is 14.1. The number of nitrogens with one attached hydrogen (secondary N) is 1. The molecule has 6 heteroatoms. The molecule has 0 unspecified atom stereocenters. The van der Waals surface area contributed by atoms with E-state index in [4.69, 9.17) is 5.11 Å². The van der Waals surface area contributed by atoms with Crippen molar-refractivity contribution in [1.29, 1.82) is 0 Å². The van der Waals surface area contributed by atoms with Crippen LogP contribution in [0.15, 0.2) is 18.2 Å². The quantitative estimate of drug-likeness (QED) is 0.792. The number of aromatic hydroxyl groups is 1. The van der Waals surface area contributed by atoms with E-state index < -0.39 is 5.97 Å². The second-order valence-electron chi connectivity index (χ2n) is 4.95. The van der Waals surface area contributed by atoms with Crippen LogP contribution in [0.1, 0.15) is 21.6 Å². The van der Waals surface area contributed by atoms with Crippen LogP contribution in [0.5, 0.6) is 5.75 Å². The Balaban J connectivity index is 2.48. The van der Waals surface area contributed by atoms with E-state index in [0.717, 1.165) is 16.7 Å². The first-order valence-electron chi connectivity index (χ1n) is 6.15. The van der Waals surface area contributed by atoms with Crippen LogP contribution in [-0.4, -0.2) is 45.4 Å². The standard InChI is InChI=1S/C14H17N3O3/c1-8-9(11-6-12(14(19)20)16-15-11)4-5-13(18)10(8)7-17(2)3/h4-6,18H,7H2,1-3H3,(H,15,16)(H,19,20). The number of phenols is 1. The predicted molar refractivity (Wildman–Crippen MR) is 74.8 cm³/mol. The lowest BCUT2D eigenvalue weighted by atomic mass is 9.98. The van der Waals surface area contributed by atoms with Gasteiger partial charge in [-0.2, -0.15) is 5.10 Å². The number of nitrogens with zero attached hydrogens (tertiary/aromatic N) is 2. The smallest absolute Gasteiger partial charge is 0.353 e. The molecule has 0 amide bonds. The van der Waals surface area contributed by atoms with Gasteiger partial charge in [-0.25, -0.2) is 4.79 Å². The highest BCUT2D eigenvalue weighted by atomic mass is 16.4. The number of rotatable bonds is 4. The molecule has 6 nitrogen and oxygen atoms in total. The van der Waals surface area contributed by atoms with Crippen LogP contribution in [0.2, 0.25) is 0 Å². The summed E-state index contributed by atoms with van der Waals surface area (Å²) < 4.78 is 0. The third kappa shape index (κ3) is 2.65. The zero-order valence-electron chi connectivity index (χ0n) is 11.6. The molecule has 0 fully saturated rings. The molecular weight excluding hydrogens is 258 g/mol. The third-order valence-corrected chi connectivity index (χ3v) is 3.13. The van der Waals surface area contributed by atoms with E-state index in [9.17, 15) is 9.90 Å². The Hall–Kier alpha value is -2.34. The fourth-order valence-electron chi connectivity index (χ4n) is 2.11. The maximum absolute atomic E-state index is 10.9. The molecule has 0 aliphatic rings. The number of carboxylic acid groups (broad SMARTS) is 1. The summed E-state index contributed by atoms with van der Waals surface area (Å²) in [4.78, 5) is 12.8. The Morgan fingerprint density at radius 1 is 1.40 bits per heavy atom. The summed E-state index contributed by atoms with van der Waals surface area (Å²) in [6.45, 7) is 2.49. The Morgan fingerprint density at radius 2 is 2.10 bits per heavy atom. The number of phenolic OH excluding ortho intramolecular Hbond substituents is 1. The summed E-state index contributed by atoms with van der Waals surface area (Å²) in [5, 5.41) is 25.4. The maximum atomic E-state index is 10.9. The average molecular weight is 275 g/mol. The highest BCUT2D eigenvalue weighted by molar-refractivity contribution is 5.87. The van der Waals surface area contributed by atoms with Gasteiger partial charge in [0.1, 0.15) is 11.4 Å². The molecule has 0 saturated heterocycles. The molecule has 0 bridgehead atoms. The molecule has 1 aromatic carbocycles. The Labute approximate surface area is 116 Å². The third-order valence-electron chi connectivity index (χ3n) is 3.13. The Morgan fingerprint density at radius 3 is 2.65 bits per heavy atom. The van der Waals surface area contributed by atoms with E-state index in [1.165, 1.54) is 6.07 Å².